The zero-order chi connectivity index (χ0) is 24.8. The molecule has 1 aromatic rings. The van der Waals surface area contributed by atoms with Gasteiger partial charge in [-0.2, -0.15) is 8.42 Å². The normalized spacial score (nSPS) is 19.6. The predicted molar refractivity (Wildman–Crippen MR) is 123 cm³/mol. The number of ether oxygens (including phenoxy) is 1. The van der Waals surface area contributed by atoms with Crippen LogP contribution in [0.2, 0.25) is 0 Å². The highest BCUT2D eigenvalue weighted by atomic mass is 32.2. The molecule has 2 rings (SSSR count). The van der Waals surface area contributed by atoms with Gasteiger partial charge in [0.05, 0.1) is 12.1 Å². The quantitative estimate of drug-likeness (QED) is 0.630. The van der Waals surface area contributed by atoms with E-state index in [1.165, 1.54) is 18.3 Å². The molecule has 11 heteroatoms. The Morgan fingerprint density at radius 1 is 1.30 bits per heavy atom. The van der Waals surface area contributed by atoms with Gasteiger partial charge in [-0.1, -0.05) is 19.9 Å². The molecular formula is C22H36N4O6S. The topological polar surface area (TPSA) is 129 Å². The van der Waals surface area contributed by atoms with E-state index in [2.05, 4.69) is 10.3 Å². The minimum Gasteiger partial charge on any atom is -0.443 e. The van der Waals surface area contributed by atoms with E-state index in [1.807, 2.05) is 13.8 Å². The molecule has 3 amide bonds. The van der Waals surface area contributed by atoms with E-state index in [1.54, 1.807) is 26.8 Å². The summed E-state index contributed by atoms with van der Waals surface area (Å²) in [4.78, 5) is 31.5. The fourth-order valence-corrected chi connectivity index (χ4v) is 4.95. The summed E-state index contributed by atoms with van der Waals surface area (Å²) in [7, 11) is -4.47. The van der Waals surface area contributed by atoms with Crippen molar-refractivity contribution in [2.75, 3.05) is 19.6 Å². The Bertz CT molecular complexity index is 901. The minimum atomic E-state index is -4.47. The third kappa shape index (κ3) is 7.38. The van der Waals surface area contributed by atoms with E-state index in [9.17, 15) is 23.1 Å². The third-order valence-corrected chi connectivity index (χ3v) is 6.79. The number of rotatable bonds is 6. The average molecular weight is 485 g/mol. The van der Waals surface area contributed by atoms with Gasteiger partial charge in [0.25, 0.3) is 10.0 Å². The number of aromatic nitrogens is 1. The van der Waals surface area contributed by atoms with Crippen LogP contribution in [0.25, 0.3) is 0 Å². The van der Waals surface area contributed by atoms with Gasteiger partial charge in [-0.25, -0.2) is 23.8 Å². The molecule has 186 valence electrons. The lowest BCUT2D eigenvalue weighted by atomic mass is 10.1. The molecule has 0 aromatic carbocycles. The zero-order valence-electron chi connectivity index (χ0n) is 20.0. The molecule has 1 fully saturated rings. The first-order chi connectivity index (χ1) is 15.3. The monoisotopic (exact) mass is 484 g/mol. The molecule has 0 bridgehead atoms. The number of sulfonamides is 1. The second-order valence-electron chi connectivity index (χ2n) is 9.55. The molecule has 1 saturated heterocycles. The van der Waals surface area contributed by atoms with Crippen molar-refractivity contribution in [2.24, 2.45) is 5.92 Å². The van der Waals surface area contributed by atoms with Gasteiger partial charge in [0, 0.05) is 19.3 Å². The Labute approximate surface area is 196 Å². The van der Waals surface area contributed by atoms with Crippen molar-refractivity contribution in [3.05, 3.63) is 24.4 Å². The molecule has 1 aromatic heterocycles. The molecule has 0 saturated carbocycles. The van der Waals surface area contributed by atoms with Crippen LogP contribution in [-0.4, -0.2) is 77.2 Å². The molecule has 1 aliphatic rings. The van der Waals surface area contributed by atoms with Gasteiger partial charge >= 0.3 is 12.1 Å². The maximum absolute atomic E-state index is 13.8. The first-order valence-electron chi connectivity index (χ1n) is 11.2. The highest BCUT2D eigenvalue weighted by Gasteiger charge is 2.44. The molecular weight excluding hydrogens is 448 g/mol. The highest BCUT2D eigenvalue weighted by Crippen LogP contribution is 2.25. The van der Waals surface area contributed by atoms with Gasteiger partial charge in [0.2, 0.25) is 0 Å². The lowest BCUT2D eigenvalue weighted by molar-refractivity contribution is 0.0265. The van der Waals surface area contributed by atoms with Crippen LogP contribution in [0.1, 0.15) is 53.9 Å². The number of carbonyl (C=O) groups is 2. The number of imide groups is 1. The van der Waals surface area contributed by atoms with Crippen LogP contribution in [0.5, 0.6) is 0 Å². The average Bonchev–Trinajstić information content (AvgIpc) is 2.92. The first kappa shape index (κ1) is 27.0. The lowest BCUT2D eigenvalue weighted by Crippen LogP contribution is -2.57. The standard InChI is InChI=1S/C22H36N4O6S/c1-16(2)11-14-25(21(29)32-22(3,4)5)20(28)26(17-9-8-12-23-15-18(17)27)33(30,31)19-10-6-7-13-24-19/h6-7,10,13,16-18,23,27H,8-9,11-12,14-15H2,1-5H3/t17?,18-/m0/s1. The van der Waals surface area contributed by atoms with Gasteiger partial charge in [-0.05, 0) is 64.6 Å². The first-order valence-corrected chi connectivity index (χ1v) is 12.7. The summed E-state index contributed by atoms with van der Waals surface area (Å²) in [6.07, 6.45) is 0.457. The van der Waals surface area contributed by atoms with Crippen LogP contribution in [0.3, 0.4) is 0 Å². The molecule has 0 aliphatic carbocycles. The van der Waals surface area contributed by atoms with Crippen molar-refractivity contribution >= 4 is 22.1 Å². The Morgan fingerprint density at radius 3 is 2.58 bits per heavy atom. The van der Waals surface area contributed by atoms with Gasteiger partial charge < -0.3 is 15.2 Å². The summed E-state index contributed by atoms with van der Waals surface area (Å²) in [6.45, 7) is 9.52. The number of hydrogen-bond acceptors (Lipinski definition) is 8. The van der Waals surface area contributed by atoms with E-state index >= 15 is 0 Å². The van der Waals surface area contributed by atoms with E-state index in [-0.39, 0.29) is 30.5 Å². The Hall–Kier alpha value is -2.24. The number of pyridine rings is 1. The van der Waals surface area contributed by atoms with E-state index in [0.29, 0.717) is 23.7 Å². The smallest absolute Gasteiger partial charge is 0.418 e. The lowest BCUT2D eigenvalue weighted by Gasteiger charge is -2.36. The van der Waals surface area contributed by atoms with Crippen LogP contribution in [0, 0.1) is 5.92 Å². The summed E-state index contributed by atoms with van der Waals surface area (Å²) in [5, 5.41) is 13.4. The molecule has 2 heterocycles. The van der Waals surface area contributed by atoms with Crippen molar-refractivity contribution in [1.82, 2.24) is 19.5 Å². The van der Waals surface area contributed by atoms with Crippen LogP contribution >= 0.6 is 0 Å². The van der Waals surface area contributed by atoms with Crippen molar-refractivity contribution < 1.29 is 27.9 Å². The number of β-amino-alcohol motifs (C(OH)–C–C–N with tert-alkyl or cyclic N) is 1. The number of aliphatic hydroxyl groups excluding tert-OH is 1. The number of aliphatic hydroxyl groups is 1. The van der Waals surface area contributed by atoms with Crippen LogP contribution in [0.15, 0.2) is 29.4 Å². The zero-order valence-corrected chi connectivity index (χ0v) is 20.8. The molecule has 10 nitrogen and oxygen atoms in total. The van der Waals surface area contributed by atoms with Gasteiger partial charge in [0.1, 0.15) is 5.60 Å². The molecule has 0 spiro atoms. The van der Waals surface area contributed by atoms with Crippen molar-refractivity contribution in [3.8, 4) is 0 Å². The SMILES string of the molecule is CC(C)CCN(C(=O)OC(C)(C)C)C(=O)N(C1CCCNC[C@@H]1O)S(=O)(=O)c1ccccn1. The van der Waals surface area contributed by atoms with Gasteiger partial charge in [-0.3, -0.25) is 0 Å². The third-order valence-electron chi connectivity index (χ3n) is 5.08. The summed E-state index contributed by atoms with van der Waals surface area (Å²) in [5.41, 5.74) is -0.885. The molecule has 2 atom stereocenters. The van der Waals surface area contributed by atoms with Gasteiger partial charge in [-0.15, -0.1) is 0 Å². The van der Waals surface area contributed by atoms with E-state index < -0.39 is 39.9 Å². The Morgan fingerprint density at radius 2 is 2.00 bits per heavy atom. The largest absolute Gasteiger partial charge is 0.443 e. The van der Waals surface area contributed by atoms with Crippen LogP contribution in [0.4, 0.5) is 9.59 Å². The Kier molecular flexibility index (Phi) is 9.21. The van der Waals surface area contributed by atoms with Crippen molar-refractivity contribution in [3.63, 3.8) is 0 Å². The van der Waals surface area contributed by atoms with Crippen molar-refractivity contribution in [2.45, 2.75) is 76.7 Å². The summed E-state index contributed by atoms with van der Waals surface area (Å²) < 4.78 is 33.3. The van der Waals surface area contributed by atoms with E-state index in [0.717, 1.165) is 4.90 Å². The van der Waals surface area contributed by atoms with Gasteiger partial charge in [0.15, 0.2) is 5.03 Å². The number of hydrogen-bond donors (Lipinski definition) is 2. The van der Waals surface area contributed by atoms with E-state index in [4.69, 9.17) is 4.74 Å². The maximum Gasteiger partial charge on any atom is 0.418 e. The summed E-state index contributed by atoms with van der Waals surface area (Å²) >= 11 is 0. The number of carbonyl (C=O) groups excluding carboxylic acids is 2. The molecule has 0 radical (unpaired) electrons. The number of urea groups is 1. The summed E-state index contributed by atoms with van der Waals surface area (Å²) in [5.74, 6) is 0.149. The van der Waals surface area contributed by atoms with Crippen LogP contribution < -0.4 is 5.32 Å². The molecule has 2 N–H and O–H groups in total. The summed E-state index contributed by atoms with van der Waals surface area (Å²) in [6, 6.07) is 2.22. The highest BCUT2D eigenvalue weighted by molar-refractivity contribution is 7.89. The minimum absolute atomic E-state index is 0.0271. The molecule has 1 aliphatic heterocycles. The number of amides is 3. The molecule has 1 unspecified atom stereocenters. The number of nitrogens with one attached hydrogen (secondary N) is 1. The second kappa shape index (κ2) is 11.3. The Balaban J connectivity index is 2.55. The fraction of sp³-hybridized carbons (Fsp3) is 0.682. The van der Waals surface area contributed by atoms with Crippen molar-refractivity contribution in [1.29, 1.82) is 0 Å². The maximum atomic E-state index is 13.8. The molecule has 33 heavy (non-hydrogen) atoms. The second-order valence-corrected chi connectivity index (χ2v) is 11.3. The van der Waals surface area contributed by atoms with Crippen LogP contribution in [-0.2, 0) is 14.8 Å². The number of nitrogens with zero attached hydrogens (tertiary/aromatic N) is 3. The predicted octanol–water partition coefficient (Wildman–Crippen LogP) is 2.59. The fourth-order valence-electron chi connectivity index (χ4n) is 3.40.